The molecule has 0 aromatic rings. The van der Waals surface area contributed by atoms with Gasteiger partial charge < -0.3 is 5.32 Å². The maximum absolute atomic E-state index is 10.7. The van der Waals surface area contributed by atoms with Gasteiger partial charge >= 0.3 is 0 Å². The summed E-state index contributed by atoms with van der Waals surface area (Å²) in [4.78, 5) is 10.7. The van der Waals surface area contributed by atoms with E-state index in [-0.39, 0.29) is 5.91 Å². The van der Waals surface area contributed by atoms with Gasteiger partial charge in [-0.15, -0.1) is 0 Å². The number of rotatable bonds is 1. The zero-order chi connectivity index (χ0) is 6.69. The third-order valence-corrected chi connectivity index (χ3v) is 2.48. The molecule has 1 atom stereocenters. The molecule has 1 unspecified atom stereocenters. The number of amides is 1. The van der Waals surface area contributed by atoms with Crippen LogP contribution in [0.5, 0.6) is 0 Å². The lowest BCUT2D eigenvalue weighted by molar-refractivity contribution is -0.123. The minimum absolute atomic E-state index is 0.200. The van der Waals surface area contributed by atoms with Crippen LogP contribution in [-0.2, 0) is 4.79 Å². The zero-order valence-electron chi connectivity index (χ0n) is 5.19. The lowest BCUT2D eigenvalue weighted by Crippen LogP contribution is -2.33. The van der Waals surface area contributed by atoms with E-state index >= 15 is 0 Å². The fourth-order valence-corrected chi connectivity index (χ4v) is 1.54. The fourth-order valence-electron chi connectivity index (χ4n) is 0.984. The highest BCUT2D eigenvalue weighted by Gasteiger charge is 2.16. The van der Waals surface area contributed by atoms with Crippen LogP contribution >= 0.6 is 15.9 Å². The van der Waals surface area contributed by atoms with Gasteiger partial charge in [-0.25, -0.2) is 0 Å². The quantitative estimate of drug-likeness (QED) is 0.614. The molecule has 1 amide bonds. The molecular weight excluding hydrogens is 182 g/mol. The Morgan fingerprint density at radius 2 is 2.56 bits per heavy atom. The molecule has 0 aliphatic carbocycles. The molecule has 0 radical (unpaired) electrons. The lowest BCUT2D eigenvalue weighted by Gasteiger charge is -2.19. The first-order valence-electron chi connectivity index (χ1n) is 3.15. The van der Waals surface area contributed by atoms with Gasteiger partial charge in [-0.3, -0.25) is 4.79 Å². The fraction of sp³-hybridized carbons (Fsp3) is 0.833. The topological polar surface area (TPSA) is 29.1 Å². The van der Waals surface area contributed by atoms with Crippen LogP contribution in [-0.4, -0.2) is 17.8 Å². The standard InChI is InChI=1S/C6H10BrNO/c7-4-5-1-2-8-6(9)3-5/h5H,1-4H2,(H,8,9). The summed E-state index contributed by atoms with van der Waals surface area (Å²) in [6.45, 7) is 0.856. The summed E-state index contributed by atoms with van der Waals surface area (Å²) >= 11 is 3.36. The number of alkyl halides is 1. The molecule has 0 aromatic heterocycles. The van der Waals surface area contributed by atoms with Crippen LogP contribution in [0.4, 0.5) is 0 Å². The summed E-state index contributed by atoms with van der Waals surface area (Å²) in [6.07, 6.45) is 1.82. The lowest BCUT2D eigenvalue weighted by atomic mass is 10.0. The van der Waals surface area contributed by atoms with Gasteiger partial charge in [0.05, 0.1) is 0 Å². The van der Waals surface area contributed by atoms with Gasteiger partial charge in [-0.1, -0.05) is 15.9 Å². The van der Waals surface area contributed by atoms with E-state index in [1.807, 2.05) is 0 Å². The largest absolute Gasteiger partial charge is 0.356 e. The third kappa shape index (κ3) is 1.97. The highest BCUT2D eigenvalue weighted by Crippen LogP contribution is 2.14. The van der Waals surface area contributed by atoms with Gasteiger partial charge in [0, 0.05) is 18.3 Å². The molecule has 0 aromatic carbocycles. The molecule has 1 aliphatic heterocycles. The smallest absolute Gasteiger partial charge is 0.220 e. The molecule has 9 heavy (non-hydrogen) atoms. The number of piperidine rings is 1. The average Bonchev–Trinajstić information content (AvgIpc) is 1.88. The van der Waals surface area contributed by atoms with Crippen LogP contribution < -0.4 is 5.32 Å². The minimum atomic E-state index is 0.200. The van der Waals surface area contributed by atoms with Crippen LogP contribution in [0.2, 0.25) is 0 Å². The van der Waals surface area contributed by atoms with E-state index in [1.165, 1.54) is 0 Å². The molecule has 3 heteroatoms. The van der Waals surface area contributed by atoms with E-state index in [9.17, 15) is 4.79 Å². The van der Waals surface area contributed by atoms with Gasteiger partial charge in [0.15, 0.2) is 0 Å². The SMILES string of the molecule is O=C1CC(CBr)CCN1. The molecule has 52 valence electrons. The number of carbonyl (C=O) groups excluding carboxylic acids is 1. The molecular formula is C6H10BrNO. The Morgan fingerprint density at radius 3 is 3.00 bits per heavy atom. The number of hydrogen-bond donors (Lipinski definition) is 1. The zero-order valence-corrected chi connectivity index (χ0v) is 6.78. The van der Waals surface area contributed by atoms with Crippen molar-refractivity contribution in [2.24, 2.45) is 5.92 Å². The number of carbonyl (C=O) groups is 1. The van der Waals surface area contributed by atoms with Gasteiger partial charge in [0.2, 0.25) is 5.91 Å². The van der Waals surface area contributed by atoms with Crippen molar-refractivity contribution in [1.29, 1.82) is 0 Å². The Hall–Kier alpha value is -0.0500. The molecule has 0 bridgehead atoms. The summed E-state index contributed by atoms with van der Waals surface area (Å²) in [5.74, 6) is 0.768. The third-order valence-electron chi connectivity index (χ3n) is 1.57. The summed E-state index contributed by atoms with van der Waals surface area (Å²) in [5, 5.41) is 3.75. The molecule has 1 N–H and O–H groups in total. The molecule has 1 rings (SSSR count). The van der Waals surface area contributed by atoms with Crippen molar-refractivity contribution in [3.05, 3.63) is 0 Å². The Labute approximate surface area is 63.1 Å². The Balaban J connectivity index is 2.32. The Kier molecular flexibility index (Phi) is 2.51. The molecule has 1 heterocycles. The van der Waals surface area contributed by atoms with Gasteiger partial charge in [0.1, 0.15) is 0 Å². The summed E-state index contributed by atoms with van der Waals surface area (Å²) in [7, 11) is 0. The average molecular weight is 192 g/mol. The van der Waals surface area contributed by atoms with Crippen molar-refractivity contribution in [3.63, 3.8) is 0 Å². The van der Waals surface area contributed by atoms with Crippen LogP contribution in [0.25, 0.3) is 0 Å². The highest BCUT2D eigenvalue weighted by molar-refractivity contribution is 9.09. The first kappa shape index (κ1) is 7.06. The minimum Gasteiger partial charge on any atom is -0.356 e. The van der Waals surface area contributed by atoms with Gasteiger partial charge in [-0.2, -0.15) is 0 Å². The summed E-state index contributed by atoms with van der Waals surface area (Å²) in [5.41, 5.74) is 0. The molecule has 0 spiro atoms. The number of hydrogen-bond acceptors (Lipinski definition) is 1. The van der Waals surface area contributed by atoms with Crippen molar-refractivity contribution in [2.45, 2.75) is 12.8 Å². The van der Waals surface area contributed by atoms with Gasteiger partial charge in [-0.05, 0) is 12.3 Å². The first-order valence-corrected chi connectivity index (χ1v) is 4.27. The predicted octanol–water partition coefficient (Wildman–Crippen LogP) is 0.907. The van der Waals surface area contributed by atoms with Crippen LogP contribution in [0.3, 0.4) is 0 Å². The van der Waals surface area contributed by atoms with Gasteiger partial charge in [0.25, 0.3) is 0 Å². The molecule has 2 nitrogen and oxygen atoms in total. The monoisotopic (exact) mass is 191 g/mol. The van der Waals surface area contributed by atoms with Crippen LogP contribution in [0, 0.1) is 5.92 Å². The van der Waals surface area contributed by atoms with Crippen molar-refractivity contribution in [1.82, 2.24) is 5.32 Å². The Morgan fingerprint density at radius 1 is 1.78 bits per heavy atom. The Bertz CT molecular complexity index is 116. The maximum Gasteiger partial charge on any atom is 0.220 e. The molecule has 1 fully saturated rings. The summed E-state index contributed by atoms with van der Waals surface area (Å²) < 4.78 is 0. The van der Waals surface area contributed by atoms with E-state index < -0.39 is 0 Å². The molecule has 1 aliphatic rings. The number of halogens is 1. The normalized spacial score (nSPS) is 27.7. The molecule has 1 saturated heterocycles. The highest BCUT2D eigenvalue weighted by atomic mass is 79.9. The first-order chi connectivity index (χ1) is 4.33. The van der Waals surface area contributed by atoms with E-state index in [0.29, 0.717) is 12.3 Å². The second-order valence-electron chi connectivity index (χ2n) is 2.36. The van der Waals surface area contributed by atoms with Crippen LogP contribution in [0.1, 0.15) is 12.8 Å². The second kappa shape index (κ2) is 3.20. The van der Waals surface area contributed by atoms with E-state index in [1.54, 1.807) is 0 Å². The molecule has 0 saturated carbocycles. The summed E-state index contributed by atoms with van der Waals surface area (Å²) in [6, 6.07) is 0. The van der Waals surface area contributed by atoms with Crippen LogP contribution in [0.15, 0.2) is 0 Å². The van der Waals surface area contributed by atoms with Crippen molar-refractivity contribution in [3.8, 4) is 0 Å². The number of nitrogens with one attached hydrogen (secondary N) is 1. The van der Waals surface area contributed by atoms with E-state index in [0.717, 1.165) is 18.3 Å². The predicted molar refractivity (Wildman–Crippen MR) is 39.5 cm³/mol. The van der Waals surface area contributed by atoms with Crippen molar-refractivity contribution < 1.29 is 4.79 Å². The van der Waals surface area contributed by atoms with Crippen molar-refractivity contribution >= 4 is 21.8 Å². The van der Waals surface area contributed by atoms with E-state index in [2.05, 4.69) is 21.2 Å². The maximum atomic E-state index is 10.7. The van der Waals surface area contributed by atoms with E-state index in [4.69, 9.17) is 0 Å². The van der Waals surface area contributed by atoms with Crippen molar-refractivity contribution in [2.75, 3.05) is 11.9 Å². The second-order valence-corrected chi connectivity index (χ2v) is 3.01.